The number of anilines is 1. The Morgan fingerprint density at radius 2 is 2.00 bits per heavy atom. The Labute approximate surface area is 106 Å². The maximum Gasteiger partial charge on any atom is 0.128 e. The first-order valence-corrected chi connectivity index (χ1v) is 6.50. The van der Waals surface area contributed by atoms with Gasteiger partial charge >= 0.3 is 0 Å². The van der Waals surface area contributed by atoms with Gasteiger partial charge in [-0.1, -0.05) is 0 Å². The second-order valence-electron chi connectivity index (χ2n) is 4.94. The third-order valence-electron chi connectivity index (χ3n) is 3.87. The van der Waals surface area contributed by atoms with E-state index in [2.05, 4.69) is 5.32 Å². The first-order chi connectivity index (χ1) is 8.72. The van der Waals surface area contributed by atoms with E-state index in [9.17, 15) is 4.39 Å². The molecule has 0 amide bonds. The molecule has 0 saturated heterocycles. The van der Waals surface area contributed by atoms with E-state index in [-0.39, 0.29) is 5.82 Å². The highest BCUT2D eigenvalue weighted by Gasteiger charge is 2.18. The van der Waals surface area contributed by atoms with E-state index in [1.54, 1.807) is 6.92 Å². The van der Waals surface area contributed by atoms with E-state index in [1.165, 1.54) is 24.5 Å². The molecule has 18 heavy (non-hydrogen) atoms. The average Bonchev–Trinajstić information content (AvgIpc) is 2.41. The lowest BCUT2D eigenvalue weighted by Gasteiger charge is -2.21. The van der Waals surface area contributed by atoms with Gasteiger partial charge in [0.25, 0.3) is 0 Å². The van der Waals surface area contributed by atoms with Gasteiger partial charge in [0.15, 0.2) is 0 Å². The van der Waals surface area contributed by atoms with Crippen LogP contribution in [0.15, 0.2) is 12.1 Å². The molecule has 0 bridgehead atoms. The summed E-state index contributed by atoms with van der Waals surface area (Å²) in [5, 5.41) is 4.32. The second kappa shape index (κ2) is 4.23. The molecule has 2 aromatic rings. The number of aromatic nitrogens is 1. The van der Waals surface area contributed by atoms with Crippen molar-refractivity contribution in [3.05, 3.63) is 34.8 Å². The number of fused-ring (bicyclic) bond motifs is 2. The number of nitrogens with zero attached hydrogens (tertiary/aromatic N) is 1. The molecule has 1 aliphatic rings. The molecule has 0 radical (unpaired) electrons. The van der Waals surface area contributed by atoms with Crippen LogP contribution in [0.3, 0.4) is 0 Å². The predicted octanol–water partition coefficient (Wildman–Crippen LogP) is 3.60. The van der Waals surface area contributed by atoms with Crippen molar-refractivity contribution in [1.29, 1.82) is 0 Å². The van der Waals surface area contributed by atoms with Crippen LogP contribution in [-0.4, -0.2) is 12.0 Å². The normalized spacial score (nSPS) is 14.6. The highest BCUT2D eigenvalue weighted by atomic mass is 19.1. The monoisotopic (exact) mass is 244 g/mol. The number of aryl methyl sites for hydroxylation is 2. The van der Waals surface area contributed by atoms with Gasteiger partial charge in [-0.25, -0.2) is 4.39 Å². The van der Waals surface area contributed by atoms with Crippen molar-refractivity contribution in [2.45, 2.75) is 32.6 Å². The lowest BCUT2D eigenvalue weighted by Crippen LogP contribution is -2.10. The summed E-state index contributed by atoms with van der Waals surface area (Å²) in [7, 11) is 1.93. The largest absolute Gasteiger partial charge is 0.387 e. The van der Waals surface area contributed by atoms with Crippen molar-refractivity contribution < 1.29 is 4.39 Å². The number of pyridine rings is 1. The molecule has 1 heterocycles. The lowest BCUT2D eigenvalue weighted by molar-refractivity contribution is 0.620. The van der Waals surface area contributed by atoms with Crippen molar-refractivity contribution in [3.63, 3.8) is 0 Å². The topological polar surface area (TPSA) is 24.9 Å². The van der Waals surface area contributed by atoms with Gasteiger partial charge in [0.05, 0.1) is 5.52 Å². The number of hydrogen-bond acceptors (Lipinski definition) is 2. The molecule has 3 rings (SSSR count). The zero-order chi connectivity index (χ0) is 12.7. The lowest BCUT2D eigenvalue weighted by atomic mass is 9.92. The minimum atomic E-state index is -0.173. The van der Waals surface area contributed by atoms with Gasteiger partial charge in [-0.15, -0.1) is 0 Å². The number of halogens is 1. The van der Waals surface area contributed by atoms with E-state index in [0.717, 1.165) is 35.1 Å². The van der Waals surface area contributed by atoms with Crippen LogP contribution in [-0.2, 0) is 12.8 Å². The summed E-state index contributed by atoms with van der Waals surface area (Å²) in [5.41, 5.74) is 5.06. The first-order valence-electron chi connectivity index (χ1n) is 6.50. The molecule has 3 heteroatoms. The highest BCUT2D eigenvalue weighted by molar-refractivity contribution is 5.95. The Morgan fingerprint density at radius 1 is 1.22 bits per heavy atom. The van der Waals surface area contributed by atoms with Crippen molar-refractivity contribution in [3.8, 4) is 0 Å². The second-order valence-corrected chi connectivity index (χ2v) is 4.94. The van der Waals surface area contributed by atoms with E-state index in [4.69, 9.17) is 4.98 Å². The van der Waals surface area contributed by atoms with Crippen molar-refractivity contribution in [2.24, 2.45) is 0 Å². The van der Waals surface area contributed by atoms with Crippen LogP contribution in [0, 0.1) is 12.7 Å². The Morgan fingerprint density at radius 3 is 2.78 bits per heavy atom. The summed E-state index contributed by atoms with van der Waals surface area (Å²) >= 11 is 0. The van der Waals surface area contributed by atoms with Gasteiger partial charge in [-0.2, -0.15) is 0 Å². The molecule has 0 unspecified atom stereocenters. The van der Waals surface area contributed by atoms with Crippen LogP contribution in [0.25, 0.3) is 10.9 Å². The number of hydrogen-bond donors (Lipinski definition) is 1. The molecule has 1 N–H and O–H groups in total. The minimum Gasteiger partial charge on any atom is -0.387 e. The van der Waals surface area contributed by atoms with E-state index < -0.39 is 0 Å². The molecular formula is C15H17FN2. The number of nitrogens with one attached hydrogen (secondary N) is 1. The quantitative estimate of drug-likeness (QED) is 0.829. The van der Waals surface area contributed by atoms with Crippen molar-refractivity contribution in [1.82, 2.24) is 4.98 Å². The van der Waals surface area contributed by atoms with Crippen LogP contribution in [0.2, 0.25) is 0 Å². The molecule has 0 saturated carbocycles. The van der Waals surface area contributed by atoms with E-state index in [1.807, 2.05) is 13.1 Å². The van der Waals surface area contributed by atoms with Gasteiger partial charge in [-0.05, 0) is 50.3 Å². The molecule has 0 atom stereocenters. The third kappa shape index (κ3) is 1.57. The van der Waals surface area contributed by atoms with Crippen molar-refractivity contribution >= 4 is 16.6 Å². The van der Waals surface area contributed by atoms with Gasteiger partial charge in [0, 0.05) is 29.4 Å². The van der Waals surface area contributed by atoms with Crippen LogP contribution in [0.4, 0.5) is 10.1 Å². The van der Waals surface area contributed by atoms with Crippen molar-refractivity contribution in [2.75, 3.05) is 12.4 Å². The Hall–Kier alpha value is -1.64. The van der Waals surface area contributed by atoms with Crippen LogP contribution in [0.1, 0.15) is 29.7 Å². The predicted molar refractivity (Wildman–Crippen MR) is 72.6 cm³/mol. The minimum absolute atomic E-state index is 0.173. The number of benzene rings is 1. The Balaban J connectivity index is 2.40. The van der Waals surface area contributed by atoms with E-state index in [0.29, 0.717) is 5.56 Å². The van der Waals surface area contributed by atoms with Crippen LogP contribution < -0.4 is 5.32 Å². The number of rotatable bonds is 1. The fourth-order valence-corrected chi connectivity index (χ4v) is 2.89. The molecule has 1 aromatic heterocycles. The Bertz CT molecular complexity index is 620. The zero-order valence-electron chi connectivity index (χ0n) is 10.8. The maximum atomic E-state index is 13.7. The molecule has 1 aromatic carbocycles. The van der Waals surface area contributed by atoms with Gasteiger partial charge in [0.1, 0.15) is 5.82 Å². The maximum absolute atomic E-state index is 13.7. The van der Waals surface area contributed by atoms with Gasteiger partial charge < -0.3 is 5.32 Å². The van der Waals surface area contributed by atoms with Gasteiger partial charge in [-0.3, -0.25) is 4.98 Å². The first kappa shape index (κ1) is 11.5. The summed E-state index contributed by atoms with van der Waals surface area (Å²) in [5.74, 6) is -0.173. The summed E-state index contributed by atoms with van der Waals surface area (Å²) in [6.07, 6.45) is 4.48. The molecule has 0 aliphatic heterocycles. The van der Waals surface area contributed by atoms with Crippen LogP contribution >= 0.6 is 0 Å². The molecular weight excluding hydrogens is 227 g/mol. The molecule has 0 fully saturated rings. The summed E-state index contributed by atoms with van der Waals surface area (Å²) in [6, 6.07) is 3.38. The summed E-state index contributed by atoms with van der Waals surface area (Å²) in [6.45, 7) is 1.80. The van der Waals surface area contributed by atoms with Crippen LogP contribution in [0.5, 0.6) is 0 Å². The molecule has 1 aliphatic carbocycles. The molecule has 94 valence electrons. The SMILES string of the molecule is CNc1c2c(nc3c(C)c(F)ccc13)CCCC2. The standard InChI is InChI=1S/C15H17FN2/c1-9-12(16)8-7-11-14(9)18-13-6-4-3-5-10(13)15(11)17-2/h7-8H,3-6H2,1-2H3,(H,17,18). The molecule has 2 nitrogen and oxygen atoms in total. The summed E-state index contributed by atoms with van der Waals surface area (Å²) < 4.78 is 13.7. The smallest absolute Gasteiger partial charge is 0.128 e. The highest BCUT2D eigenvalue weighted by Crippen LogP contribution is 2.34. The summed E-state index contributed by atoms with van der Waals surface area (Å²) in [4.78, 5) is 4.70. The fourth-order valence-electron chi connectivity index (χ4n) is 2.89. The molecule has 0 spiro atoms. The van der Waals surface area contributed by atoms with Gasteiger partial charge in [0.2, 0.25) is 0 Å². The Kier molecular flexibility index (Phi) is 2.69. The third-order valence-corrected chi connectivity index (χ3v) is 3.87. The zero-order valence-corrected chi connectivity index (χ0v) is 10.8. The average molecular weight is 244 g/mol. The fraction of sp³-hybridized carbons (Fsp3) is 0.400. The van der Waals surface area contributed by atoms with E-state index >= 15 is 0 Å².